The minimum Gasteiger partial charge on any atom is -0.496 e. The van der Waals surface area contributed by atoms with Crippen molar-refractivity contribution in [3.63, 3.8) is 0 Å². The van der Waals surface area contributed by atoms with Crippen LogP contribution < -0.4 is 4.74 Å². The molecule has 0 amide bonds. The number of methoxy groups -OCH3 is 1. The topological polar surface area (TPSA) is 91.8 Å². The van der Waals surface area contributed by atoms with Crippen molar-refractivity contribution in [3.05, 3.63) is 41.6 Å². The van der Waals surface area contributed by atoms with E-state index in [2.05, 4.69) is 25.6 Å². The quantitative estimate of drug-likeness (QED) is 0.628. The Morgan fingerprint density at radius 1 is 1.15 bits per heavy atom. The Labute approximate surface area is 158 Å². The summed E-state index contributed by atoms with van der Waals surface area (Å²) >= 11 is 0. The van der Waals surface area contributed by atoms with Crippen LogP contribution >= 0.6 is 0 Å². The third kappa shape index (κ3) is 4.39. The Kier molecular flexibility index (Phi) is 5.63. The van der Waals surface area contributed by atoms with Gasteiger partial charge in [-0.1, -0.05) is 26.0 Å². The van der Waals surface area contributed by atoms with E-state index < -0.39 is 0 Å². The monoisotopic (exact) mass is 368 g/mol. The standard InChI is InChI=1S/C19H24N6O2/c1-12(2)19-22-20-17(27-19)8-6-7-14-11-15(9-10-16(14)26-5)18-21-24-25(23-18)13(3)4/h6-7,9-13H,8H2,1-5H3/b7-6+. The zero-order valence-electron chi connectivity index (χ0n) is 16.2. The summed E-state index contributed by atoms with van der Waals surface area (Å²) in [5, 5.41) is 20.7. The molecule has 2 aromatic heterocycles. The SMILES string of the molecule is COc1ccc(-c2nnn(C(C)C)n2)cc1/C=C/Cc1nnc(C(C)C)o1. The van der Waals surface area contributed by atoms with Gasteiger partial charge in [0.2, 0.25) is 17.6 Å². The lowest BCUT2D eigenvalue weighted by molar-refractivity contribution is 0.414. The maximum Gasteiger partial charge on any atom is 0.220 e. The van der Waals surface area contributed by atoms with E-state index in [-0.39, 0.29) is 12.0 Å². The van der Waals surface area contributed by atoms with Crippen LogP contribution in [0.4, 0.5) is 0 Å². The molecule has 0 N–H and O–H groups in total. The van der Waals surface area contributed by atoms with E-state index in [4.69, 9.17) is 9.15 Å². The minimum absolute atomic E-state index is 0.161. The first-order chi connectivity index (χ1) is 13.0. The van der Waals surface area contributed by atoms with E-state index >= 15 is 0 Å². The van der Waals surface area contributed by atoms with E-state index in [1.165, 1.54) is 0 Å². The van der Waals surface area contributed by atoms with Gasteiger partial charge in [0.15, 0.2) is 0 Å². The van der Waals surface area contributed by atoms with E-state index in [0.717, 1.165) is 16.9 Å². The lowest BCUT2D eigenvalue weighted by Crippen LogP contribution is -2.04. The molecular weight excluding hydrogens is 344 g/mol. The Morgan fingerprint density at radius 2 is 1.96 bits per heavy atom. The van der Waals surface area contributed by atoms with Crippen molar-refractivity contribution in [1.29, 1.82) is 0 Å². The van der Waals surface area contributed by atoms with Crippen LogP contribution in [0.15, 0.2) is 28.7 Å². The Hall–Kier alpha value is -3.03. The number of hydrogen-bond acceptors (Lipinski definition) is 7. The summed E-state index contributed by atoms with van der Waals surface area (Å²) in [5.41, 5.74) is 1.79. The maximum atomic E-state index is 5.62. The number of nitrogens with zero attached hydrogens (tertiary/aromatic N) is 6. The summed E-state index contributed by atoms with van der Waals surface area (Å²) in [5.74, 6) is 2.81. The van der Waals surface area contributed by atoms with Gasteiger partial charge in [-0.2, -0.15) is 4.80 Å². The van der Waals surface area contributed by atoms with Gasteiger partial charge in [-0.3, -0.25) is 0 Å². The summed E-state index contributed by atoms with van der Waals surface area (Å²) in [7, 11) is 1.65. The van der Waals surface area contributed by atoms with Gasteiger partial charge < -0.3 is 9.15 Å². The van der Waals surface area contributed by atoms with Gasteiger partial charge in [-0.15, -0.1) is 20.4 Å². The highest BCUT2D eigenvalue weighted by Crippen LogP contribution is 2.26. The van der Waals surface area contributed by atoms with Crippen LogP contribution in [0.1, 0.15) is 57.0 Å². The lowest BCUT2D eigenvalue weighted by Gasteiger charge is -2.06. The Bertz CT molecular complexity index is 926. The van der Waals surface area contributed by atoms with Crippen molar-refractivity contribution < 1.29 is 9.15 Å². The van der Waals surface area contributed by atoms with Crippen LogP contribution in [0, 0.1) is 0 Å². The lowest BCUT2D eigenvalue weighted by atomic mass is 10.1. The van der Waals surface area contributed by atoms with Crippen molar-refractivity contribution in [2.24, 2.45) is 0 Å². The second-order valence-electron chi connectivity index (χ2n) is 6.78. The van der Waals surface area contributed by atoms with Gasteiger partial charge in [0, 0.05) is 23.5 Å². The van der Waals surface area contributed by atoms with Crippen LogP contribution in [0.5, 0.6) is 5.75 Å². The molecule has 0 atom stereocenters. The molecule has 0 aliphatic rings. The van der Waals surface area contributed by atoms with E-state index in [1.807, 2.05) is 58.0 Å². The predicted molar refractivity (Wildman–Crippen MR) is 101 cm³/mol. The van der Waals surface area contributed by atoms with Crippen molar-refractivity contribution in [2.75, 3.05) is 7.11 Å². The highest BCUT2D eigenvalue weighted by molar-refractivity contribution is 5.66. The number of rotatable bonds is 7. The fourth-order valence-corrected chi connectivity index (χ4v) is 2.43. The molecule has 0 radical (unpaired) electrons. The molecule has 8 nitrogen and oxygen atoms in total. The van der Waals surface area contributed by atoms with Crippen molar-refractivity contribution in [3.8, 4) is 17.1 Å². The second-order valence-corrected chi connectivity index (χ2v) is 6.78. The third-order valence-electron chi connectivity index (χ3n) is 3.94. The first kappa shape index (κ1) is 18.8. The van der Waals surface area contributed by atoms with Gasteiger partial charge in [0.05, 0.1) is 13.2 Å². The molecule has 0 aliphatic carbocycles. The average molecular weight is 368 g/mol. The first-order valence-electron chi connectivity index (χ1n) is 8.94. The zero-order chi connectivity index (χ0) is 19.4. The molecule has 0 saturated heterocycles. The summed E-state index contributed by atoms with van der Waals surface area (Å²) in [6.07, 6.45) is 4.49. The molecule has 0 fully saturated rings. The Balaban J connectivity index is 1.80. The van der Waals surface area contributed by atoms with E-state index in [1.54, 1.807) is 11.9 Å². The molecule has 0 unspecified atom stereocenters. The smallest absolute Gasteiger partial charge is 0.220 e. The maximum absolute atomic E-state index is 5.62. The van der Waals surface area contributed by atoms with Gasteiger partial charge in [0.1, 0.15) is 5.75 Å². The number of benzene rings is 1. The third-order valence-corrected chi connectivity index (χ3v) is 3.94. The molecule has 2 heterocycles. The summed E-state index contributed by atoms with van der Waals surface area (Å²) in [6.45, 7) is 8.06. The van der Waals surface area contributed by atoms with Crippen LogP contribution in [0.2, 0.25) is 0 Å². The normalized spacial score (nSPS) is 11.8. The molecule has 0 spiro atoms. The number of allylic oxidation sites excluding steroid dienone is 1. The summed E-state index contributed by atoms with van der Waals surface area (Å²) in [4.78, 5) is 1.59. The number of hydrogen-bond donors (Lipinski definition) is 0. The van der Waals surface area contributed by atoms with Crippen LogP contribution in [-0.4, -0.2) is 37.5 Å². The summed E-state index contributed by atoms with van der Waals surface area (Å²) < 4.78 is 11.1. The molecular formula is C19H24N6O2. The largest absolute Gasteiger partial charge is 0.496 e. The highest BCUT2D eigenvalue weighted by Gasteiger charge is 2.11. The van der Waals surface area contributed by atoms with Gasteiger partial charge >= 0.3 is 0 Å². The van der Waals surface area contributed by atoms with Crippen LogP contribution in [0.25, 0.3) is 17.5 Å². The zero-order valence-corrected chi connectivity index (χ0v) is 16.2. The predicted octanol–water partition coefficient (Wildman–Crippen LogP) is 3.69. The second kappa shape index (κ2) is 8.11. The molecule has 27 heavy (non-hydrogen) atoms. The fraction of sp³-hybridized carbons (Fsp3) is 0.421. The molecule has 142 valence electrons. The number of ether oxygens (including phenoxy) is 1. The molecule has 0 saturated carbocycles. The minimum atomic E-state index is 0.161. The fourth-order valence-electron chi connectivity index (χ4n) is 2.43. The summed E-state index contributed by atoms with van der Waals surface area (Å²) in [6, 6.07) is 5.96. The molecule has 1 aromatic carbocycles. The number of aromatic nitrogens is 6. The van der Waals surface area contributed by atoms with E-state index in [0.29, 0.717) is 24.0 Å². The first-order valence-corrected chi connectivity index (χ1v) is 8.94. The average Bonchev–Trinajstić information content (AvgIpc) is 3.31. The molecule has 0 bridgehead atoms. The van der Waals surface area contributed by atoms with Gasteiger partial charge in [0.25, 0.3) is 0 Å². The van der Waals surface area contributed by atoms with Crippen molar-refractivity contribution >= 4 is 6.08 Å². The molecule has 0 aliphatic heterocycles. The van der Waals surface area contributed by atoms with Crippen LogP contribution in [-0.2, 0) is 6.42 Å². The molecule has 3 aromatic rings. The molecule has 8 heteroatoms. The van der Waals surface area contributed by atoms with Crippen molar-refractivity contribution in [1.82, 2.24) is 30.4 Å². The van der Waals surface area contributed by atoms with Crippen molar-refractivity contribution in [2.45, 2.75) is 46.1 Å². The molecule has 3 rings (SSSR count). The van der Waals surface area contributed by atoms with Gasteiger partial charge in [-0.25, -0.2) is 0 Å². The van der Waals surface area contributed by atoms with Crippen LogP contribution in [0.3, 0.4) is 0 Å². The number of tetrazole rings is 1. The highest BCUT2D eigenvalue weighted by atomic mass is 16.5. The Morgan fingerprint density at radius 3 is 2.59 bits per heavy atom. The van der Waals surface area contributed by atoms with E-state index in [9.17, 15) is 0 Å². The van der Waals surface area contributed by atoms with Gasteiger partial charge in [-0.05, 0) is 37.3 Å².